The maximum atomic E-state index is 12.7. The number of hydrogen-bond acceptors (Lipinski definition) is 4. The Hall–Kier alpha value is -2.93. The summed E-state index contributed by atoms with van der Waals surface area (Å²) in [6.07, 6.45) is 7.36. The molecule has 1 fully saturated rings. The molecule has 3 aromatic rings. The van der Waals surface area contributed by atoms with E-state index in [0.717, 1.165) is 12.1 Å². The van der Waals surface area contributed by atoms with E-state index < -0.39 is 9.84 Å². The molecule has 0 atom stereocenters. The first-order valence-electron chi connectivity index (χ1n) is 10.7. The fourth-order valence-electron chi connectivity index (χ4n) is 4.15. The Bertz CT molecular complexity index is 1130. The Balaban J connectivity index is 1.40. The number of carbonyl (C=O) groups is 1. The molecule has 2 N–H and O–H groups in total. The molecular weight excluding hydrogens is 410 g/mol. The average Bonchev–Trinajstić information content (AvgIpc) is 3.21. The number of nitrogens with one attached hydrogen (secondary N) is 2. The minimum absolute atomic E-state index is 0.161. The number of aromatic amines is 1. The van der Waals surface area contributed by atoms with E-state index in [-0.39, 0.29) is 16.6 Å². The summed E-state index contributed by atoms with van der Waals surface area (Å²) >= 11 is 0. The van der Waals surface area contributed by atoms with Gasteiger partial charge in [-0.05, 0) is 42.2 Å². The lowest BCUT2D eigenvalue weighted by atomic mass is 9.86. The van der Waals surface area contributed by atoms with Crippen LogP contribution in [0, 0.1) is 5.92 Å². The third kappa shape index (κ3) is 5.61. The van der Waals surface area contributed by atoms with E-state index in [2.05, 4.69) is 15.5 Å². The van der Waals surface area contributed by atoms with Crippen molar-refractivity contribution < 1.29 is 13.2 Å². The number of H-pyrrole nitrogens is 1. The number of carbonyl (C=O) groups excluding carboxylic acids is 1. The van der Waals surface area contributed by atoms with Crippen LogP contribution < -0.4 is 5.32 Å². The fourth-order valence-corrected chi connectivity index (χ4v) is 5.51. The largest absolute Gasteiger partial charge is 0.305 e. The summed E-state index contributed by atoms with van der Waals surface area (Å²) in [7, 11) is -3.47. The van der Waals surface area contributed by atoms with Crippen LogP contribution in [0.1, 0.15) is 53.7 Å². The smallest absolute Gasteiger partial charge is 0.256 e. The number of sulfone groups is 1. The zero-order chi connectivity index (χ0) is 21.7. The highest BCUT2D eigenvalue weighted by Crippen LogP contribution is 2.27. The second kappa shape index (κ2) is 9.47. The summed E-state index contributed by atoms with van der Waals surface area (Å²) in [6.45, 7) is 0. The molecule has 0 aliphatic heterocycles. The molecule has 7 heteroatoms. The molecule has 2 aromatic carbocycles. The standard InChI is InChI=1S/C24H27N3O3S/c28-24(25-23-16-21(26-27-23)15-18-8-3-1-4-9-18)20-11-7-10-19(14-20)17-31(29,30)22-12-5-2-6-13-22/h2,5-7,10-14,16,18H,1,3-4,8-9,15,17H2,(H2,25,26,27,28). The van der Waals surface area contributed by atoms with Gasteiger partial charge in [0.2, 0.25) is 0 Å². The van der Waals surface area contributed by atoms with Crippen LogP contribution in [0.15, 0.2) is 65.6 Å². The third-order valence-corrected chi connectivity index (χ3v) is 7.46. The Kier molecular flexibility index (Phi) is 6.51. The normalized spacial score (nSPS) is 15.0. The van der Waals surface area contributed by atoms with Crippen molar-refractivity contribution >= 4 is 21.6 Å². The Labute approximate surface area is 183 Å². The SMILES string of the molecule is O=C(Nc1cc(CC2CCCCC2)[nH]n1)c1cccc(CS(=O)(=O)c2ccccc2)c1. The molecule has 6 nitrogen and oxygen atoms in total. The van der Waals surface area contributed by atoms with Gasteiger partial charge < -0.3 is 5.32 Å². The molecule has 162 valence electrons. The molecule has 0 bridgehead atoms. The molecule has 1 saturated carbocycles. The van der Waals surface area contributed by atoms with Crippen molar-refractivity contribution in [2.45, 2.75) is 49.2 Å². The molecule has 1 aliphatic carbocycles. The molecule has 1 aliphatic rings. The monoisotopic (exact) mass is 437 g/mol. The Morgan fingerprint density at radius 3 is 2.55 bits per heavy atom. The molecular formula is C24H27N3O3S. The molecule has 1 heterocycles. The number of rotatable bonds is 7. The van der Waals surface area contributed by atoms with E-state index >= 15 is 0 Å². The average molecular weight is 438 g/mol. The van der Waals surface area contributed by atoms with Crippen molar-refractivity contribution in [3.05, 3.63) is 77.5 Å². The van der Waals surface area contributed by atoms with Crippen LogP contribution in [-0.2, 0) is 22.0 Å². The molecule has 0 radical (unpaired) electrons. The first kappa shape index (κ1) is 21.3. The van der Waals surface area contributed by atoms with Crippen LogP contribution in [0.25, 0.3) is 0 Å². The van der Waals surface area contributed by atoms with Crippen LogP contribution in [0.3, 0.4) is 0 Å². The molecule has 0 saturated heterocycles. The molecule has 31 heavy (non-hydrogen) atoms. The van der Waals surface area contributed by atoms with Crippen LogP contribution in [-0.4, -0.2) is 24.5 Å². The van der Waals surface area contributed by atoms with E-state index in [1.54, 1.807) is 54.6 Å². The lowest BCUT2D eigenvalue weighted by molar-refractivity contribution is 0.102. The van der Waals surface area contributed by atoms with Gasteiger partial charge in [0.25, 0.3) is 5.91 Å². The quantitative estimate of drug-likeness (QED) is 0.557. The number of anilines is 1. The molecule has 4 rings (SSSR count). The van der Waals surface area contributed by atoms with Gasteiger partial charge in [-0.25, -0.2) is 8.42 Å². The first-order chi connectivity index (χ1) is 15.0. The number of benzene rings is 2. The lowest BCUT2D eigenvalue weighted by Gasteiger charge is -2.20. The van der Waals surface area contributed by atoms with Gasteiger partial charge in [-0.1, -0.05) is 62.4 Å². The molecule has 0 unspecified atom stereocenters. The maximum Gasteiger partial charge on any atom is 0.256 e. The second-order valence-electron chi connectivity index (χ2n) is 8.21. The van der Waals surface area contributed by atoms with Crippen molar-refractivity contribution in [2.75, 3.05) is 5.32 Å². The molecule has 1 aromatic heterocycles. The van der Waals surface area contributed by atoms with Crippen molar-refractivity contribution in [3.63, 3.8) is 0 Å². The van der Waals surface area contributed by atoms with Crippen molar-refractivity contribution in [3.8, 4) is 0 Å². The van der Waals surface area contributed by atoms with E-state index in [9.17, 15) is 13.2 Å². The van der Waals surface area contributed by atoms with Crippen molar-refractivity contribution in [1.29, 1.82) is 0 Å². The Morgan fingerprint density at radius 2 is 1.77 bits per heavy atom. The molecule has 1 amide bonds. The van der Waals surface area contributed by atoms with Gasteiger partial charge in [-0.2, -0.15) is 5.10 Å². The zero-order valence-electron chi connectivity index (χ0n) is 17.4. The predicted octanol–water partition coefficient (Wildman–Crippen LogP) is 4.76. The summed E-state index contributed by atoms with van der Waals surface area (Å²) < 4.78 is 25.3. The van der Waals surface area contributed by atoms with Gasteiger partial charge in [-0.3, -0.25) is 9.89 Å². The van der Waals surface area contributed by atoms with Crippen molar-refractivity contribution in [1.82, 2.24) is 10.2 Å². The highest BCUT2D eigenvalue weighted by molar-refractivity contribution is 7.90. The third-order valence-electron chi connectivity index (χ3n) is 5.75. The predicted molar refractivity (Wildman–Crippen MR) is 121 cm³/mol. The van der Waals surface area contributed by atoms with Crippen molar-refractivity contribution in [2.24, 2.45) is 5.92 Å². The summed E-state index contributed by atoms with van der Waals surface area (Å²) in [6, 6.07) is 16.9. The van der Waals surface area contributed by atoms with Crippen LogP contribution in [0.5, 0.6) is 0 Å². The number of aromatic nitrogens is 2. The molecule has 0 spiro atoms. The summed E-state index contributed by atoms with van der Waals surface area (Å²) in [5.74, 6) is 0.695. The van der Waals surface area contributed by atoms with Gasteiger partial charge >= 0.3 is 0 Å². The minimum Gasteiger partial charge on any atom is -0.305 e. The van der Waals surface area contributed by atoms with Crippen LogP contribution in [0.4, 0.5) is 5.82 Å². The first-order valence-corrected chi connectivity index (χ1v) is 12.4. The number of amides is 1. The highest BCUT2D eigenvalue weighted by Gasteiger charge is 2.18. The van der Waals surface area contributed by atoms with Crippen LogP contribution >= 0.6 is 0 Å². The van der Waals surface area contributed by atoms with E-state index in [1.165, 1.54) is 32.1 Å². The topological polar surface area (TPSA) is 91.9 Å². The summed E-state index contributed by atoms with van der Waals surface area (Å²) in [4.78, 5) is 13.0. The van der Waals surface area contributed by atoms with Gasteiger partial charge in [0, 0.05) is 17.3 Å². The Morgan fingerprint density at radius 1 is 1.00 bits per heavy atom. The van der Waals surface area contributed by atoms with E-state index in [1.807, 2.05) is 6.07 Å². The highest BCUT2D eigenvalue weighted by atomic mass is 32.2. The van der Waals surface area contributed by atoms with Gasteiger partial charge in [0.05, 0.1) is 10.6 Å². The fraction of sp³-hybridized carbons (Fsp3) is 0.333. The van der Waals surface area contributed by atoms with E-state index in [0.29, 0.717) is 22.9 Å². The lowest BCUT2D eigenvalue weighted by Crippen LogP contribution is -2.13. The zero-order valence-corrected chi connectivity index (χ0v) is 18.2. The minimum atomic E-state index is -3.47. The number of nitrogens with zero attached hydrogens (tertiary/aromatic N) is 1. The second-order valence-corrected chi connectivity index (χ2v) is 10.2. The number of hydrogen-bond donors (Lipinski definition) is 2. The maximum absolute atomic E-state index is 12.7. The van der Waals surface area contributed by atoms with Gasteiger partial charge in [0.15, 0.2) is 15.7 Å². The summed E-state index contributed by atoms with van der Waals surface area (Å²) in [5, 5.41) is 10.0. The van der Waals surface area contributed by atoms with Gasteiger partial charge in [0.1, 0.15) is 0 Å². The van der Waals surface area contributed by atoms with Crippen LogP contribution in [0.2, 0.25) is 0 Å². The van der Waals surface area contributed by atoms with E-state index in [4.69, 9.17) is 0 Å². The summed E-state index contributed by atoms with van der Waals surface area (Å²) in [5.41, 5.74) is 2.00. The van der Waals surface area contributed by atoms with Gasteiger partial charge in [-0.15, -0.1) is 0 Å².